The molecule has 12 heteroatoms. The molecule has 0 fully saturated rings. The number of para-hydroxylation sites is 1. The van der Waals surface area contributed by atoms with E-state index in [4.69, 9.17) is 0 Å². The molecule has 0 aliphatic carbocycles. The van der Waals surface area contributed by atoms with Gasteiger partial charge in [-0.25, -0.2) is 26.6 Å². The minimum absolute atomic E-state index is 0.0744. The van der Waals surface area contributed by atoms with Gasteiger partial charge in [-0.05, 0) is 73.9 Å². The SMILES string of the molecule is Cc1cc(C(=O)Nc2ccc(C)c(-c3nc(S(C)(=O)=O)nc4c3CCC(=O)N4c3c(F)cccc3F)c2)ccc1F. The number of rotatable bonds is 5. The van der Waals surface area contributed by atoms with Crippen molar-refractivity contribution in [2.45, 2.75) is 31.8 Å². The van der Waals surface area contributed by atoms with Crippen molar-refractivity contribution in [3.05, 3.63) is 94.3 Å². The van der Waals surface area contributed by atoms with Gasteiger partial charge in [0.15, 0.2) is 0 Å². The first-order valence-electron chi connectivity index (χ1n) is 12.4. The van der Waals surface area contributed by atoms with Gasteiger partial charge < -0.3 is 5.32 Å². The normalized spacial score (nSPS) is 13.2. The van der Waals surface area contributed by atoms with E-state index in [0.717, 1.165) is 29.4 Å². The quantitative estimate of drug-likeness (QED) is 0.315. The third-order valence-corrected chi connectivity index (χ3v) is 7.52. The number of nitrogens with one attached hydrogen (secondary N) is 1. The van der Waals surface area contributed by atoms with E-state index in [1.54, 1.807) is 25.1 Å². The fourth-order valence-electron chi connectivity index (χ4n) is 4.60. The zero-order valence-electron chi connectivity index (χ0n) is 22.1. The molecule has 1 aromatic heterocycles. The van der Waals surface area contributed by atoms with Gasteiger partial charge in [-0.3, -0.25) is 14.5 Å². The van der Waals surface area contributed by atoms with E-state index in [2.05, 4.69) is 15.3 Å². The molecule has 1 aliphatic rings. The third kappa shape index (κ3) is 5.30. The van der Waals surface area contributed by atoms with E-state index in [-0.39, 0.29) is 29.9 Å². The Hall–Kier alpha value is -4.58. The standard InChI is InChI=1S/C29H23F3N4O4S/c1-15-7-9-18(33-28(38)17-8-11-21(30)16(2)13-17)14-20(15)25-19-10-12-24(37)36(26-22(31)5-4-6-23(26)32)27(19)35-29(34-25)41(3,39)40/h4-9,11,13-14H,10,12H2,1-3H3,(H,33,38). The van der Waals surface area contributed by atoms with Gasteiger partial charge in [0.05, 0.1) is 5.69 Å². The zero-order chi connectivity index (χ0) is 29.6. The van der Waals surface area contributed by atoms with Crippen LogP contribution in [-0.4, -0.2) is 36.5 Å². The van der Waals surface area contributed by atoms with Gasteiger partial charge in [0.25, 0.3) is 5.91 Å². The monoisotopic (exact) mass is 580 g/mol. The number of nitrogens with zero attached hydrogens (tertiary/aromatic N) is 3. The zero-order valence-corrected chi connectivity index (χ0v) is 22.9. The first-order valence-corrected chi connectivity index (χ1v) is 14.3. The molecule has 0 unspecified atom stereocenters. The minimum Gasteiger partial charge on any atom is -0.322 e. The van der Waals surface area contributed by atoms with Gasteiger partial charge in [0.1, 0.15) is 29.0 Å². The van der Waals surface area contributed by atoms with Crippen LogP contribution < -0.4 is 10.2 Å². The summed E-state index contributed by atoms with van der Waals surface area (Å²) in [4.78, 5) is 35.0. The number of benzene rings is 3. The number of anilines is 3. The van der Waals surface area contributed by atoms with E-state index in [1.165, 1.54) is 25.1 Å². The molecule has 4 aromatic rings. The number of halogens is 3. The lowest BCUT2D eigenvalue weighted by molar-refractivity contribution is -0.118. The summed E-state index contributed by atoms with van der Waals surface area (Å²) in [5, 5.41) is 2.10. The molecule has 210 valence electrons. The van der Waals surface area contributed by atoms with Gasteiger partial charge in [0.2, 0.25) is 20.9 Å². The molecule has 5 rings (SSSR count). The van der Waals surface area contributed by atoms with Crippen LogP contribution in [0.2, 0.25) is 0 Å². The Morgan fingerprint density at radius 3 is 2.27 bits per heavy atom. The van der Waals surface area contributed by atoms with Gasteiger partial charge in [0, 0.05) is 35.1 Å². The van der Waals surface area contributed by atoms with Crippen molar-refractivity contribution in [1.82, 2.24) is 9.97 Å². The van der Waals surface area contributed by atoms with Crippen LogP contribution in [0.3, 0.4) is 0 Å². The summed E-state index contributed by atoms with van der Waals surface area (Å²) < 4.78 is 68.6. The number of hydrogen-bond acceptors (Lipinski definition) is 6. The minimum atomic E-state index is -4.04. The highest BCUT2D eigenvalue weighted by molar-refractivity contribution is 7.90. The molecule has 0 radical (unpaired) electrons. The molecule has 0 spiro atoms. The number of sulfone groups is 1. The number of hydrogen-bond donors (Lipinski definition) is 1. The topological polar surface area (TPSA) is 109 Å². The molecule has 3 aromatic carbocycles. The lowest BCUT2D eigenvalue weighted by atomic mass is 9.95. The first-order chi connectivity index (χ1) is 19.3. The van der Waals surface area contributed by atoms with Crippen molar-refractivity contribution >= 4 is 38.8 Å². The van der Waals surface area contributed by atoms with E-state index in [0.29, 0.717) is 27.9 Å². The molecule has 0 bridgehead atoms. The Kier molecular flexibility index (Phi) is 7.12. The molecule has 8 nitrogen and oxygen atoms in total. The maximum atomic E-state index is 14.8. The molecule has 0 saturated heterocycles. The molecule has 0 saturated carbocycles. The summed E-state index contributed by atoms with van der Waals surface area (Å²) in [6, 6.07) is 11.9. The highest BCUT2D eigenvalue weighted by Gasteiger charge is 2.35. The molecular formula is C29H23F3N4O4S. The molecule has 0 atom stereocenters. The van der Waals surface area contributed by atoms with E-state index in [9.17, 15) is 31.2 Å². The van der Waals surface area contributed by atoms with Crippen LogP contribution in [0.5, 0.6) is 0 Å². The van der Waals surface area contributed by atoms with Crippen molar-refractivity contribution in [2.75, 3.05) is 16.5 Å². The Labute approximate surface area is 233 Å². The number of carbonyl (C=O) groups is 2. The number of amides is 2. The average molecular weight is 581 g/mol. The van der Waals surface area contributed by atoms with Crippen LogP contribution in [-0.2, 0) is 21.1 Å². The molecule has 2 amide bonds. The van der Waals surface area contributed by atoms with Gasteiger partial charge >= 0.3 is 0 Å². The van der Waals surface area contributed by atoms with Gasteiger partial charge in [-0.15, -0.1) is 0 Å². The van der Waals surface area contributed by atoms with Crippen molar-refractivity contribution in [3.63, 3.8) is 0 Å². The largest absolute Gasteiger partial charge is 0.322 e. The van der Waals surface area contributed by atoms with Crippen LogP contribution in [0.15, 0.2) is 59.8 Å². The summed E-state index contributed by atoms with van der Waals surface area (Å²) in [6.45, 7) is 3.27. The van der Waals surface area contributed by atoms with Crippen molar-refractivity contribution in [2.24, 2.45) is 0 Å². The third-order valence-electron chi connectivity index (χ3n) is 6.68. The van der Waals surface area contributed by atoms with Crippen LogP contribution >= 0.6 is 0 Å². The number of carbonyl (C=O) groups excluding carboxylic acids is 2. The number of aromatic nitrogens is 2. The number of aryl methyl sites for hydroxylation is 2. The molecule has 41 heavy (non-hydrogen) atoms. The predicted octanol–water partition coefficient (Wildman–Crippen LogP) is 5.44. The van der Waals surface area contributed by atoms with E-state index >= 15 is 0 Å². The Balaban J connectivity index is 1.67. The van der Waals surface area contributed by atoms with Crippen LogP contribution in [0.1, 0.15) is 33.5 Å². The summed E-state index contributed by atoms with van der Waals surface area (Å²) in [5.41, 5.74) is 1.67. The summed E-state index contributed by atoms with van der Waals surface area (Å²) >= 11 is 0. The summed E-state index contributed by atoms with van der Waals surface area (Å²) in [6.07, 6.45) is 0.811. The second-order valence-corrected chi connectivity index (χ2v) is 11.6. The maximum absolute atomic E-state index is 14.8. The van der Waals surface area contributed by atoms with Crippen molar-refractivity contribution < 1.29 is 31.2 Å². The Bertz CT molecular complexity index is 1840. The maximum Gasteiger partial charge on any atom is 0.255 e. The van der Waals surface area contributed by atoms with Gasteiger partial charge in [-0.2, -0.15) is 4.98 Å². The van der Waals surface area contributed by atoms with Crippen LogP contribution in [0, 0.1) is 31.3 Å². The Morgan fingerprint density at radius 2 is 1.61 bits per heavy atom. The van der Waals surface area contributed by atoms with Gasteiger partial charge in [-0.1, -0.05) is 12.1 Å². The molecule has 2 heterocycles. The van der Waals surface area contributed by atoms with Crippen molar-refractivity contribution in [1.29, 1.82) is 0 Å². The highest BCUT2D eigenvalue weighted by atomic mass is 32.2. The van der Waals surface area contributed by atoms with E-state index in [1.807, 2.05) is 0 Å². The van der Waals surface area contributed by atoms with Crippen LogP contribution in [0.25, 0.3) is 11.3 Å². The summed E-state index contributed by atoms with van der Waals surface area (Å²) in [5.74, 6) is -3.91. The number of fused-ring (bicyclic) bond motifs is 1. The summed E-state index contributed by atoms with van der Waals surface area (Å²) in [7, 11) is -4.04. The highest BCUT2D eigenvalue weighted by Crippen LogP contribution is 2.41. The van der Waals surface area contributed by atoms with E-state index < -0.39 is 49.9 Å². The van der Waals surface area contributed by atoms with Crippen LogP contribution in [0.4, 0.5) is 30.4 Å². The lowest BCUT2D eigenvalue weighted by Gasteiger charge is -2.30. The lowest BCUT2D eigenvalue weighted by Crippen LogP contribution is -2.34. The molecule has 1 aliphatic heterocycles. The predicted molar refractivity (Wildman–Crippen MR) is 146 cm³/mol. The second kappa shape index (κ2) is 10.4. The smallest absolute Gasteiger partial charge is 0.255 e. The fourth-order valence-corrected chi connectivity index (χ4v) is 5.10. The first kappa shape index (κ1) is 28.0. The Morgan fingerprint density at radius 1 is 0.902 bits per heavy atom. The van der Waals surface area contributed by atoms with Crippen molar-refractivity contribution in [3.8, 4) is 11.3 Å². The fraction of sp³-hybridized carbons (Fsp3) is 0.172. The second-order valence-electron chi connectivity index (χ2n) is 9.68. The molecular weight excluding hydrogens is 557 g/mol. The average Bonchev–Trinajstić information content (AvgIpc) is 2.91. The molecule has 1 N–H and O–H groups in total.